The number of nitrogens with one attached hydrogen (secondary N) is 1. The van der Waals surface area contributed by atoms with Crippen molar-refractivity contribution in [2.75, 3.05) is 30.4 Å². The van der Waals surface area contributed by atoms with E-state index in [1.54, 1.807) is 6.20 Å². The van der Waals surface area contributed by atoms with Gasteiger partial charge in [-0.2, -0.15) is 5.10 Å². The quantitative estimate of drug-likeness (QED) is 0.437. The predicted molar refractivity (Wildman–Crippen MR) is 122 cm³/mol. The summed E-state index contributed by atoms with van der Waals surface area (Å²) in [5.41, 5.74) is -0.406. The summed E-state index contributed by atoms with van der Waals surface area (Å²) < 4.78 is 60.8. The third-order valence-corrected chi connectivity index (χ3v) is 6.48. The smallest absolute Gasteiger partial charge is 0.406 e. The topological polar surface area (TPSA) is 102 Å². The molecular weight excluding hydrogens is 504 g/mol. The van der Waals surface area contributed by atoms with Crippen molar-refractivity contribution >= 4 is 28.2 Å². The van der Waals surface area contributed by atoms with E-state index in [0.29, 0.717) is 12.3 Å². The van der Waals surface area contributed by atoms with Gasteiger partial charge in [-0.25, -0.2) is 4.39 Å². The average molecular weight is 527 g/mol. The predicted octanol–water partition coefficient (Wildman–Crippen LogP) is 4.15. The minimum absolute atomic E-state index is 0.178. The van der Waals surface area contributed by atoms with Crippen LogP contribution in [0.4, 0.5) is 28.5 Å². The van der Waals surface area contributed by atoms with Gasteiger partial charge in [-0.1, -0.05) is 11.3 Å². The van der Waals surface area contributed by atoms with E-state index in [2.05, 4.69) is 35.3 Å². The second-order valence-electron chi connectivity index (χ2n) is 8.05. The number of piperidine rings is 1. The van der Waals surface area contributed by atoms with Crippen molar-refractivity contribution in [1.29, 1.82) is 0 Å². The molecule has 3 heterocycles. The average Bonchev–Trinajstić information content (AvgIpc) is 3.28. The number of halogens is 4. The Labute approximate surface area is 207 Å². The lowest BCUT2D eigenvalue weighted by Gasteiger charge is -2.32. The molecule has 1 saturated heterocycles. The van der Waals surface area contributed by atoms with Crippen molar-refractivity contribution in [3.05, 3.63) is 52.9 Å². The summed E-state index contributed by atoms with van der Waals surface area (Å²) in [6.45, 7) is 1.67. The van der Waals surface area contributed by atoms with Crippen LogP contribution in [0.3, 0.4) is 0 Å². The Hall–Kier alpha value is -3.39. The van der Waals surface area contributed by atoms with Crippen LogP contribution < -0.4 is 15.0 Å². The number of hydrogen-bond donors (Lipinski definition) is 1. The highest BCUT2D eigenvalue weighted by Crippen LogP contribution is 2.31. The zero-order valence-corrected chi connectivity index (χ0v) is 19.9. The SMILES string of the molecule is CO[C@H](C(=O)Nc1nnc(CC2CCN(c3cccnn3)CC2)s1)c1cc(OC(F)(F)F)ccc1F. The summed E-state index contributed by atoms with van der Waals surface area (Å²) in [5, 5.41) is 19.5. The standard InChI is InChI=1S/C22H22F4N6O3S/c1-34-19(15-12-14(4-5-16(15)23)35-22(24,25)26)20(33)28-21-31-30-18(36-21)11-13-6-9-32(10-7-13)17-3-2-8-27-29-17/h2-5,8,12-13,19H,6-7,9-11H2,1H3,(H,28,31,33)/t19-/m0/s1. The fourth-order valence-corrected chi connectivity index (χ4v) is 4.79. The van der Waals surface area contributed by atoms with Gasteiger partial charge in [0.15, 0.2) is 11.9 Å². The molecule has 4 rings (SSSR count). The van der Waals surface area contributed by atoms with Gasteiger partial charge in [0.2, 0.25) is 5.13 Å². The number of anilines is 2. The zero-order chi connectivity index (χ0) is 25.7. The molecule has 1 aliphatic rings. The number of aromatic nitrogens is 4. The highest BCUT2D eigenvalue weighted by atomic mass is 32.1. The first-order valence-corrected chi connectivity index (χ1v) is 11.8. The molecule has 1 fully saturated rings. The zero-order valence-electron chi connectivity index (χ0n) is 19.0. The van der Waals surface area contributed by atoms with Crippen molar-refractivity contribution in [3.63, 3.8) is 0 Å². The lowest BCUT2D eigenvalue weighted by molar-refractivity contribution is -0.274. The van der Waals surface area contributed by atoms with Crippen molar-refractivity contribution in [1.82, 2.24) is 20.4 Å². The van der Waals surface area contributed by atoms with E-state index in [9.17, 15) is 22.4 Å². The minimum Gasteiger partial charge on any atom is -0.406 e. The molecule has 1 N–H and O–H groups in total. The fraction of sp³-hybridized carbons (Fsp3) is 0.409. The first kappa shape index (κ1) is 25.7. The number of carbonyl (C=O) groups is 1. The normalized spacial score (nSPS) is 15.5. The van der Waals surface area contributed by atoms with E-state index in [1.165, 1.54) is 11.3 Å². The molecule has 1 amide bonds. The second-order valence-corrected chi connectivity index (χ2v) is 9.12. The van der Waals surface area contributed by atoms with Crippen LogP contribution in [0.15, 0.2) is 36.5 Å². The Morgan fingerprint density at radius 2 is 2.00 bits per heavy atom. The highest BCUT2D eigenvalue weighted by Gasteiger charge is 2.32. The maximum absolute atomic E-state index is 14.3. The minimum atomic E-state index is -4.96. The van der Waals surface area contributed by atoms with Crippen molar-refractivity contribution in [2.24, 2.45) is 5.92 Å². The number of hydrogen-bond acceptors (Lipinski definition) is 9. The van der Waals surface area contributed by atoms with Gasteiger partial charge in [0.1, 0.15) is 16.6 Å². The van der Waals surface area contributed by atoms with Crippen LogP contribution in [0, 0.1) is 11.7 Å². The Kier molecular flexibility index (Phi) is 7.94. The van der Waals surface area contributed by atoms with Gasteiger partial charge in [0.25, 0.3) is 5.91 Å². The third-order valence-electron chi connectivity index (χ3n) is 5.61. The first-order valence-electron chi connectivity index (χ1n) is 11.0. The van der Waals surface area contributed by atoms with E-state index in [4.69, 9.17) is 4.74 Å². The Morgan fingerprint density at radius 1 is 1.22 bits per heavy atom. The molecule has 0 saturated carbocycles. The summed E-state index contributed by atoms with van der Waals surface area (Å²) in [7, 11) is 1.14. The Morgan fingerprint density at radius 3 is 2.67 bits per heavy atom. The Bertz CT molecular complexity index is 1170. The van der Waals surface area contributed by atoms with Gasteiger partial charge in [0, 0.05) is 38.4 Å². The van der Waals surface area contributed by atoms with Crippen LogP contribution in [-0.4, -0.2) is 52.9 Å². The van der Waals surface area contributed by atoms with E-state index in [1.807, 2.05) is 12.1 Å². The largest absolute Gasteiger partial charge is 0.573 e. The summed E-state index contributed by atoms with van der Waals surface area (Å²) >= 11 is 1.18. The van der Waals surface area contributed by atoms with Gasteiger partial charge in [-0.3, -0.25) is 10.1 Å². The number of benzene rings is 1. The molecule has 1 atom stereocenters. The van der Waals surface area contributed by atoms with Crippen LogP contribution in [0.1, 0.15) is 29.5 Å². The molecule has 0 aliphatic carbocycles. The molecule has 3 aromatic rings. The van der Waals surface area contributed by atoms with Crippen LogP contribution in [0.2, 0.25) is 0 Å². The highest BCUT2D eigenvalue weighted by molar-refractivity contribution is 7.15. The van der Waals surface area contributed by atoms with E-state index in [0.717, 1.165) is 62.1 Å². The number of rotatable bonds is 8. The Balaban J connectivity index is 1.35. The number of methoxy groups -OCH3 is 1. The molecule has 1 aromatic carbocycles. The number of nitrogens with zero attached hydrogens (tertiary/aromatic N) is 5. The third kappa shape index (κ3) is 6.63. The number of amides is 1. The molecular formula is C22H22F4N6O3S. The molecule has 0 unspecified atom stereocenters. The summed E-state index contributed by atoms with van der Waals surface area (Å²) in [4.78, 5) is 14.9. The second kappa shape index (κ2) is 11.1. The molecule has 0 spiro atoms. The summed E-state index contributed by atoms with van der Waals surface area (Å²) in [6.07, 6.45) is -2.32. The molecule has 36 heavy (non-hydrogen) atoms. The lowest BCUT2D eigenvalue weighted by atomic mass is 9.94. The molecule has 9 nitrogen and oxygen atoms in total. The van der Waals surface area contributed by atoms with Gasteiger partial charge in [-0.15, -0.1) is 28.5 Å². The van der Waals surface area contributed by atoms with Crippen LogP contribution in [0.5, 0.6) is 5.75 Å². The molecule has 1 aliphatic heterocycles. The van der Waals surface area contributed by atoms with Crippen molar-refractivity contribution in [2.45, 2.75) is 31.7 Å². The fourth-order valence-electron chi connectivity index (χ4n) is 3.93. The van der Waals surface area contributed by atoms with Gasteiger partial charge >= 0.3 is 6.36 Å². The van der Waals surface area contributed by atoms with Crippen LogP contribution in [0.25, 0.3) is 0 Å². The summed E-state index contributed by atoms with van der Waals surface area (Å²) in [6, 6.07) is 6.13. The lowest BCUT2D eigenvalue weighted by Crippen LogP contribution is -2.34. The molecule has 192 valence electrons. The summed E-state index contributed by atoms with van der Waals surface area (Å²) in [5.74, 6) is -1.17. The number of ether oxygens (including phenoxy) is 2. The first-order chi connectivity index (χ1) is 17.2. The monoisotopic (exact) mass is 526 g/mol. The maximum Gasteiger partial charge on any atom is 0.573 e. The van der Waals surface area contributed by atoms with E-state index >= 15 is 0 Å². The van der Waals surface area contributed by atoms with E-state index < -0.39 is 35.5 Å². The van der Waals surface area contributed by atoms with Crippen LogP contribution in [-0.2, 0) is 16.0 Å². The van der Waals surface area contributed by atoms with Crippen molar-refractivity contribution < 1.29 is 31.8 Å². The number of carbonyl (C=O) groups excluding carboxylic acids is 1. The molecule has 14 heteroatoms. The number of alkyl halides is 3. The van der Waals surface area contributed by atoms with Crippen molar-refractivity contribution in [3.8, 4) is 5.75 Å². The van der Waals surface area contributed by atoms with Gasteiger partial charge < -0.3 is 14.4 Å². The van der Waals surface area contributed by atoms with Gasteiger partial charge in [0.05, 0.1) is 0 Å². The molecule has 0 radical (unpaired) electrons. The molecule has 0 bridgehead atoms. The molecule has 2 aromatic heterocycles. The van der Waals surface area contributed by atoms with E-state index in [-0.39, 0.29) is 5.13 Å². The van der Waals surface area contributed by atoms with Gasteiger partial charge in [-0.05, 0) is 49.1 Å². The van der Waals surface area contributed by atoms with Crippen LogP contribution >= 0.6 is 11.3 Å². The maximum atomic E-state index is 14.3.